The Morgan fingerprint density at radius 1 is 1.50 bits per heavy atom. The summed E-state index contributed by atoms with van der Waals surface area (Å²) in [4.78, 5) is 0. The fraction of sp³-hybridized carbons (Fsp3) is 0.250. The van der Waals surface area contributed by atoms with E-state index in [9.17, 15) is 0 Å². The third-order valence-corrected chi connectivity index (χ3v) is 4.39. The van der Waals surface area contributed by atoms with Gasteiger partial charge in [0.1, 0.15) is 0 Å². The molecule has 0 radical (unpaired) electrons. The molecule has 16 heavy (non-hydrogen) atoms. The Morgan fingerprint density at radius 2 is 2.31 bits per heavy atom. The molecule has 0 aliphatic heterocycles. The fourth-order valence-electron chi connectivity index (χ4n) is 1.63. The molecule has 1 heterocycles. The molecule has 0 saturated heterocycles. The van der Waals surface area contributed by atoms with Crippen molar-refractivity contribution in [3.05, 3.63) is 29.5 Å². The first-order chi connectivity index (χ1) is 7.77. The molecule has 2 rings (SSSR count). The number of benzene rings is 1. The zero-order valence-corrected chi connectivity index (χ0v) is 12.4. The summed E-state index contributed by atoms with van der Waals surface area (Å²) in [6.07, 6.45) is 3.47. The molecule has 4 heteroatoms. The van der Waals surface area contributed by atoms with Crippen LogP contribution in [-0.2, 0) is 0 Å². The van der Waals surface area contributed by atoms with Crippen LogP contribution in [0.5, 0.6) is 0 Å². The number of hydrogen-bond donors (Lipinski definition) is 0. The molecule has 0 saturated carbocycles. The maximum Gasteiger partial charge on any atom is 0.0732 e. The van der Waals surface area contributed by atoms with Crippen LogP contribution in [0.25, 0.3) is 10.9 Å². The van der Waals surface area contributed by atoms with Crippen molar-refractivity contribution in [2.24, 2.45) is 0 Å². The van der Waals surface area contributed by atoms with Gasteiger partial charge in [-0.3, -0.25) is 0 Å². The highest BCUT2D eigenvalue weighted by molar-refractivity contribution is 14.2. The van der Waals surface area contributed by atoms with Gasteiger partial charge in [0.05, 0.1) is 18.1 Å². The predicted molar refractivity (Wildman–Crippen MR) is 79.4 cm³/mol. The summed E-state index contributed by atoms with van der Waals surface area (Å²) in [6, 6.07) is 4.20. The van der Waals surface area contributed by atoms with Crippen LogP contribution >= 0.6 is 28.4 Å². The second-order valence-corrected chi connectivity index (χ2v) is 5.51. The summed E-state index contributed by atoms with van der Waals surface area (Å²) in [5, 5.41) is 5.58. The van der Waals surface area contributed by atoms with Gasteiger partial charge >= 0.3 is 0 Å². The highest BCUT2D eigenvalue weighted by Gasteiger charge is 2.06. The monoisotopic (exact) mass is 342 g/mol. The third kappa shape index (κ3) is 2.09. The van der Waals surface area contributed by atoms with Gasteiger partial charge in [0.15, 0.2) is 0 Å². The molecule has 0 aliphatic rings. The van der Waals surface area contributed by atoms with Crippen molar-refractivity contribution in [1.82, 2.24) is 9.55 Å². The quantitative estimate of drug-likeness (QED) is 0.437. The third-order valence-electron chi connectivity index (χ3n) is 2.50. The molecule has 0 spiro atoms. The van der Waals surface area contributed by atoms with E-state index in [2.05, 4.69) is 65.0 Å². The molecule has 0 amide bonds. The normalized spacial score (nSPS) is 10.9. The van der Waals surface area contributed by atoms with Crippen molar-refractivity contribution in [3.63, 3.8) is 0 Å². The Morgan fingerprint density at radius 3 is 3.00 bits per heavy atom. The molecule has 0 N–H and O–H groups in total. The van der Waals surface area contributed by atoms with Gasteiger partial charge in [-0.15, -0.1) is 0 Å². The number of aryl methyl sites for hydroxylation is 1. The van der Waals surface area contributed by atoms with Crippen LogP contribution in [-0.4, -0.2) is 9.55 Å². The molecule has 2 nitrogen and oxygen atoms in total. The van der Waals surface area contributed by atoms with Gasteiger partial charge in [-0.1, -0.05) is 18.8 Å². The minimum Gasteiger partial charge on any atom is -0.237 e. The van der Waals surface area contributed by atoms with Crippen LogP contribution < -0.4 is 0 Å². The molecule has 1 aromatic heterocycles. The lowest BCUT2D eigenvalue weighted by atomic mass is 10.1. The highest BCUT2D eigenvalue weighted by atomic mass is 127. The standard InChI is InChI=1S/C12H12IN2P/c1-3-4-5-10-6-7-12-11(9(10)2)8-14-15(12)16-13/h6-8,16H,3H2,1-2H3. The van der Waals surface area contributed by atoms with E-state index in [1.165, 1.54) is 16.5 Å². The Kier molecular flexibility index (Phi) is 3.83. The summed E-state index contributed by atoms with van der Waals surface area (Å²) in [7, 11) is 0. The van der Waals surface area contributed by atoms with Gasteiger partial charge in [-0.05, 0) is 46.7 Å². The first-order valence-corrected chi connectivity index (χ1v) is 9.17. The predicted octanol–water partition coefficient (Wildman–Crippen LogP) is 3.90. The van der Waals surface area contributed by atoms with Crippen LogP contribution in [0, 0.1) is 18.8 Å². The average Bonchev–Trinajstić information content (AvgIpc) is 2.72. The van der Waals surface area contributed by atoms with E-state index in [1.54, 1.807) is 0 Å². The largest absolute Gasteiger partial charge is 0.237 e. The van der Waals surface area contributed by atoms with Crippen LogP contribution in [0.15, 0.2) is 18.3 Å². The summed E-state index contributed by atoms with van der Waals surface area (Å²) < 4.78 is 2.03. The van der Waals surface area contributed by atoms with Crippen LogP contribution in [0.1, 0.15) is 24.5 Å². The van der Waals surface area contributed by atoms with Gasteiger partial charge in [-0.2, -0.15) is 5.10 Å². The number of halogens is 1. The molecule has 0 aliphatic carbocycles. The van der Waals surface area contributed by atoms with Crippen LogP contribution in [0.4, 0.5) is 0 Å². The van der Waals surface area contributed by atoms with E-state index in [4.69, 9.17) is 0 Å². The second-order valence-electron chi connectivity index (χ2n) is 3.47. The Balaban J connectivity index is 2.62. The zero-order chi connectivity index (χ0) is 11.5. The maximum absolute atomic E-state index is 4.37. The van der Waals surface area contributed by atoms with Crippen LogP contribution in [0.2, 0.25) is 0 Å². The van der Waals surface area contributed by atoms with E-state index >= 15 is 0 Å². The molecule has 1 unspecified atom stereocenters. The van der Waals surface area contributed by atoms with Gasteiger partial charge < -0.3 is 0 Å². The highest BCUT2D eigenvalue weighted by Crippen LogP contribution is 2.30. The lowest BCUT2D eigenvalue weighted by molar-refractivity contribution is 1.04. The molecule has 82 valence electrons. The summed E-state index contributed by atoms with van der Waals surface area (Å²) in [5.41, 5.74) is 3.55. The molecule has 0 bridgehead atoms. The van der Waals surface area contributed by atoms with Gasteiger partial charge in [0.25, 0.3) is 0 Å². The topological polar surface area (TPSA) is 17.8 Å². The molecule has 1 aromatic carbocycles. The molecular weight excluding hydrogens is 330 g/mol. The SMILES string of the molecule is CCC#Cc1ccc2c(cnn2PI)c1C. The van der Waals surface area contributed by atoms with Crippen molar-refractivity contribution in [2.75, 3.05) is 0 Å². The minimum absolute atomic E-state index is 0.642. The van der Waals surface area contributed by atoms with Crippen molar-refractivity contribution < 1.29 is 0 Å². The van der Waals surface area contributed by atoms with Gasteiger partial charge in [0.2, 0.25) is 0 Å². The first kappa shape index (κ1) is 11.9. The maximum atomic E-state index is 4.37. The molecule has 0 fully saturated rings. The smallest absolute Gasteiger partial charge is 0.0732 e. The van der Waals surface area contributed by atoms with E-state index < -0.39 is 0 Å². The fourth-order valence-corrected chi connectivity index (χ4v) is 3.17. The lowest BCUT2D eigenvalue weighted by Gasteiger charge is -2.01. The Hall–Kier alpha value is -0.590. The molecule has 1 atom stereocenters. The minimum atomic E-state index is 0.642. The first-order valence-electron chi connectivity index (χ1n) is 5.10. The van der Waals surface area contributed by atoms with E-state index in [1.807, 2.05) is 10.6 Å². The van der Waals surface area contributed by atoms with Crippen LogP contribution in [0.3, 0.4) is 0 Å². The summed E-state index contributed by atoms with van der Waals surface area (Å²) in [6.45, 7) is 4.18. The lowest BCUT2D eigenvalue weighted by Crippen LogP contribution is -1.85. The van der Waals surface area contributed by atoms with E-state index in [0.29, 0.717) is 6.37 Å². The van der Waals surface area contributed by atoms with Gasteiger partial charge in [-0.25, -0.2) is 4.45 Å². The van der Waals surface area contributed by atoms with Crippen molar-refractivity contribution in [1.29, 1.82) is 0 Å². The number of hydrogen-bond acceptors (Lipinski definition) is 1. The van der Waals surface area contributed by atoms with E-state index in [0.717, 1.165) is 12.0 Å². The van der Waals surface area contributed by atoms with Gasteiger partial charge in [0, 0.05) is 17.4 Å². The number of nitrogens with zero attached hydrogens (tertiary/aromatic N) is 2. The van der Waals surface area contributed by atoms with E-state index in [-0.39, 0.29) is 0 Å². The zero-order valence-electron chi connectivity index (χ0n) is 9.21. The second kappa shape index (κ2) is 5.16. The summed E-state index contributed by atoms with van der Waals surface area (Å²) >= 11 is 2.34. The molecule has 2 aromatic rings. The number of aromatic nitrogens is 2. The number of rotatable bonds is 1. The average molecular weight is 342 g/mol. The van der Waals surface area contributed by atoms with Crippen molar-refractivity contribution >= 4 is 39.3 Å². The summed E-state index contributed by atoms with van der Waals surface area (Å²) in [5.74, 6) is 6.31. The number of fused-ring (bicyclic) bond motifs is 1. The van der Waals surface area contributed by atoms with Crippen molar-refractivity contribution in [3.8, 4) is 11.8 Å². The van der Waals surface area contributed by atoms with Crippen molar-refractivity contribution in [2.45, 2.75) is 20.3 Å². The Bertz CT molecular complexity index is 578. The Labute approximate surface area is 110 Å². The molecular formula is C12H12IN2P.